The fourth-order valence-corrected chi connectivity index (χ4v) is 6.11. The maximum absolute atomic E-state index is 13.2. The summed E-state index contributed by atoms with van der Waals surface area (Å²) in [5.41, 5.74) is 2.26. The van der Waals surface area contributed by atoms with E-state index in [4.69, 9.17) is 31.0 Å². The molecular weight excluding hydrogens is 518 g/mol. The molecule has 4 heterocycles. The van der Waals surface area contributed by atoms with Crippen LogP contribution in [0, 0.1) is 5.92 Å². The molecule has 1 amide bonds. The molecule has 3 aromatic rings. The van der Waals surface area contributed by atoms with Crippen molar-refractivity contribution >= 4 is 46.3 Å². The quantitative estimate of drug-likeness (QED) is 0.448. The zero-order valence-corrected chi connectivity index (χ0v) is 23.1. The Morgan fingerprint density at radius 1 is 1.05 bits per heavy atom. The summed E-state index contributed by atoms with van der Waals surface area (Å²) in [4.78, 5) is 29.6. The summed E-state index contributed by atoms with van der Waals surface area (Å²) in [5.74, 6) is 1.62. The van der Waals surface area contributed by atoms with Gasteiger partial charge in [-0.25, -0.2) is 9.97 Å². The fourth-order valence-electron chi connectivity index (χ4n) is 5.92. The number of rotatable bonds is 6. The first-order valence-electron chi connectivity index (χ1n) is 14.0. The summed E-state index contributed by atoms with van der Waals surface area (Å²) >= 11 is 6.26. The Morgan fingerprint density at radius 3 is 2.54 bits per heavy atom. The van der Waals surface area contributed by atoms with Gasteiger partial charge >= 0.3 is 0 Å². The van der Waals surface area contributed by atoms with Crippen LogP contribution in [0.15, 0.2) is 30.5 Å². The van der Waals surface area contributed by atoms with Crippen LogP contribution in [0.5, 0.6) is 0 Å². The molecule has 3 fully saturated rings. The van der Waals surface area contributed by atoms with Gasteiger partial charge in [0, 0.05) is 54.5 Å². The Bertz CT molecular complexity index is 1310. The second-order valence-electron chi connectivity index (χ2n) is 11.1. The predicted molar refractivity (Wildman–Crippen MR) is 151 cm³/mol. The van der Waals surface area contributed by atoms with E-state index in [0.29, 0.717) is 43.2 Å². The normalized spacial score (nSPS) is 23.5. The zero-order chi connectivity index (χ0) is 26.8. The van der Waals surface area contributed by atoms with E-state index in [1.54, 1.807) is 6.20 Å². The standard InChI is InChI=1S/C28H36ClN7O3/c1-28(9-13-38-14-10-28)34-26-30-18-23-24(33-26)36(27(32-23)31-21-4-2-3-20(29)17-21)22-7-5-19(6-8-22)25(37)35-11-15-39-16-12-35/h2-4,17-19,22H,5-16H2,1H3,(H,31,32)(H,30,33,34). The minimum absolute atomic E-state index is 0.0544. The molecule has 2 aliphatic heterocycles. The highest BCUT2D eigenvalue weighted by Crippen LogP contribution is 2.38. The lowest BCUT2D eigenvalue weighted by molar-refractivity contribution is -0.140. The first kappa shape index (κ1) is 26.3. The number of halogens is 1. The smallest absolute Gasteiger partial charge is 0.225 e. The van der Waals surface area contributed by atoms with Crippen LogP contribution in [0.2, 0.25) is 5.02 Å². The van der Waals surface area contributed by atoms with Crippen LogP contribution >= 0.6 is 11.6 Å². The van der Waals surface area contributed by atoms with Crippen LogP contribution in [-0.4, -0.2) is 75.4 Å². The number of hydrogen-bond donors (Lipinski definition) is 2. The van der Waals surface area contributed by atoms with Gasteiger partial charge in [0.05, 0.1) is 19.4 Å². The van der Waals surface area contributed by atoms with Gasteiger partial charge in [-0.2, -0.15) is 4.98 Å². The van der Waals surface area contributed by atoms with Gasteiger partial charge in [-0.3, -0.25) is 9.36 Å². The number of anilines is 3. The van der Waals surface area contributed by atoms with Crippen LogP contribution in [0.3, 0.4) is 0 Å². The topological polar surface area (TPSA) is 106 Å². The monoisotopic (exact) mass is 553 g/mol. The van der Waals surface area contributed by atoms with Crippen LogP contribution in [0.4, 0.5) is 17.6 Å². The third-order valence-electron chi connectivity index (χ3n) is 8.26. The van der Waals surface area contributed by atoms with Crippen molar-refractivity contribution in [3.05, 3.63) is 35.5 Å². The summed E-state index contributed by atoms with van der Waals surface area (Å²) in [7, 11) is 0. The van der Waals surface area contributed by atoms with Gasteiger partial charge in [-0.15, -0.1) is 0 Å². The number of ether oxygens (including phenoxy) is 2. The van der Waals surface area contributed by atoms with Gasteiger partial charge < -0.3 is 25.0 Å². The van der Waals surface area contributed by atoms with Crippen molar-refractivity contribution in [2.45, 2.75) is 57.0 Å². The molecule has 1 saturated carbocycles. The molecule has 2 saturated heterocycles. The number of carbonyl (C=O) groups excluding carboxylic acids is 1. The molecular formula is C28H36ClN7O3. The molecule has 11 heteroatoms. The minimum Gasteiger partial charge on any atom is -0.381 e. The van der Waals surface area contributed by atoms with Crippen molar-refractivity contribution in [1.82, 2.24) is 24.4 Å². The Hall–Kier alpha value is -2.95. The number of benzene rings is 1. The maximum Gasteiger partial charge on any atom is 0.225 e. The Kier molecular flexibility index (Phi) is 7.59. The van der Waals surface area contributed by atoms with Crippen molar-refractivity contribution in [2.75, 3.05) is 50.2 Å². The van der Waals surface area contributed by atoms with E-state index < -0.39 is 0 Å². The number of carbonyl (C=O) groups is 1. The number of fused-ring (bicyclic) bond motifs is 1. The number of nitrogens with zero attached hydrogens (tertiary/aromatic N) is 5. The summed E-state index contributed by atoms with van der Waals surface area (Å²) in [6, 6.07) is 7.78. The first-order chi connectivity index (χ1) is 19.0. The van der Waals surface area contributed by atoms with Crippen LogP contribution < -0.4 is 10.6 Å². The van der Waals surface area contributed by atoms with E-state index >= 15 is 0 Å². The van der Waals surface area contributed by atoms with Crippen LogP contribution in [0.25, 0.3) is 11.2 Å². The summed E-state index contributed by atoms with van der Waals surface area (Å²) < 4.78 is 13.2. The molecule has 2 aromatic heterocycles. The van der Waals surface area contributed by atoms with E-state index in [0.717, 1.165) is 68.6 Å². The van der Waals surface area contributed by atoms with E-state index in [9.17, 15) is 4.79 Å². The average molecular weight is 554 g/mol. The molecule has 1 aromatic carbocycles. The summed E-state index contributed by atoms with van der Waals surface area (Å²) in [6.45, 7) is 6.28. The van der Waals surface area contributed by atoms with Crippen LogP contribution in [0.1, 0.15) is 51.5 Å². The van der Waals surface area contributed by atoms with Gasteiger partial charge in [0.25, 0.3) is 0 Å². The number of aromatic nitrogens is 4. The molecule has 2 N–H and O–H groups in total. The lowest BCUT2D eigenvalue weighted by Crippen LogP contribution is -2.44. The van der Waals surface area contributed by atoms with Crippen molar-refractivity contribution < 1.29 is 14.3 Å². The maximum atomic E-state index is 13.2. The third-order valence-corrected chi connectivity index (χ3v) is 8.49. The molecule has 10 nitrogen and oxygen atoms in total. The average Bonchev–Trinajstić information content (AvgIpc) is 3.30. The van der Waals surface area contributed by atoms with E-state index in [1.165, 1.54) is 0 Å². The Morgan fingerprint density at radius 2 is 1.79 bits per heavy atom. The highest BCUT2D eigenvalue weighted by Gasteiger charge is 2.33. The highest BCUT2D eigenvalue weighted by atomic mass is 35.5. The van der Waals surface area contributed by atoms with Crippen molar-refractivity contribution in [2.24, 2.45) is 5.92 Å². The van der Waals surface area contributed by atoms with Gasteiger partial charge in [-0.1, -0.05) is 17.7 Å². The molecule has 0 radical (unpaired) electrons. The lowest BCUT2D eigenvalue weighted by Gasteiger charge is -2.35. The van der Waals surface area contributed by atoms with Gasteiger partial charge in [0.2, 0.25) is 17.8 Å². The molecule has 1 aliphatic carbocycles. The van der Waals surface area contributed by atoms with E-state index in [1.807, 2.05) is 29.2 Å². The Labute approximate surface area is 233 Å². The van der Waals surface area contributed by atoms with Crippen molar-refractivity contribution in [1.29, 1.82) is 0 Å². The molecule has 0 bridgehead atoms. The van der Waals surface area contributed by atoms with Crippen molar-refractivity contribution in [3.8, 4) is 0 Å². The second-order valence-corrected chi connectivity index (χ2v) is 11.5. The summed E-state index contributed by atoms with van der Waals surface area (Å²) in [6.07, 6.45) is 7.01. The molecule has 0 atom stereocenters. The number of amides is 1. The molecule has 6 rings (SSSR count). The second kappa shape index (κ2) is 11.3. The van der Waals surface area contributed by atoms with Crippen LogP contribution in [-0.2, 0) is 14.3 Å². The van der Waals surface area contributed by atoms with Gasteiger partial charge in [0.15, 0.2) is 5.65 Å². The number of morpholine rings is 1. The molecule has 0 unspecified atom stereocenters. The Balaban J connectivity index is 1.28. The van der Waals surface area contributed by atoms with Crippen molar-refractivity contribution in [3.63, 3.8) is 0 Å². The first-order valence-corrected chi connectivity index (χ1v) is 14.4. The number of nitrogens with one attached hydrogen (secondary N) is 2. The largest absolute Gasteiger partial charge is 0.381 e. The molecule has 0 spiro atoms. The minimum atomic E-state index is -0.115. The molecule has 3 aliphatic rings. The lowest BCUT2D eigenvalue weighted by atomic mass is 9.85. The fraction of sp³-hybridized carbons (Fsp3) is 0.571. The SMILES string of the molecule is CC1(Nc2ncc3nc(Nc4cccc(Cl)c4)n(C4CCC(C(=O)N5CCOCC5)CC4)c3n2)CCOCC1. The third kappa shape index (κ3) is 5.83. The number of hydrogen-bond acceptors (Lipinski definition) is 8. The number of imidazole rings is 1. The van der Waals surface area contributed by atoms with Gasteiger partial charge in [0.1, 0.15) is 5.52 Å². The van der Waals surface area contributed by atoms with E-state index in [-0.39, 0.29) is 23.4 Å². The van der Waals surface area contributed by atoms with E-state index in [2.05, 4.69) is 27.1 Å². The predicted octanol–water partition coefficient (Wildman–Crippen LogP) is 4.79. The summed E-state index contributed by atoms with van der Waals surface area (Å²) in [5, 5.41) is 7.68. The molecule has 208 valence electrons. The molecule has 39 heavy (non-hydrogen) atoms. The van der Waals surface area contributed by atoms with Gasteiger partial charge in [-0.05, 0) is 63.6 Å². The highest BCUT2D eigenvalue weighted by molar-refractivity contribution is 6.30. The zero-order valence-electron chi connectivity index (χ0n) is 22.4.